The van der Waals surface area contributed by atoms with E-state index in [9.17, 15) is 19.2 Å². The van der Waals surface area contributed by atoms with Gasteiger partial charge in [-0.25, -0.2) is 0 Å². The van der Waals surface area contributed by atoms with E-state index >= 15 is 0 Å². The third kappa shape index (κ3) is 5.58. The zero-order valence-corrected chi connectivity index (χ0v) is 8.52. The summed E-state index contributed by atoms with van der Waals surface area (Å²) in [4.78, 5) is 42.4. The highest BCUT2D eigenvalue weighted by Gasteiger charge is 2.19. The molecule has 4 N–H and O–H groups in total. The highest BCUT2D eigenvalue weighted by Crippen LogP contribution is 1.82. The lowest BCUT2D eigenvalue weighted by atomic mass is 10.3. The zero-order chi connectivity index (χ0) is 12.7. The molecule has 0 saturated heterocycles. The van der Waals surface area contributed by atoms with Gasteiger partial charge in [0, 0.05) is 6.54 Å². The number of carboxylic acids is 2. The largest absolute Gasteiger partial charge is 0.481 e. The SMILES string of the molecule is CC(NC(=O)C(=O)NCCC(=O)O)C(=O)O. The van der Waals surface area contributed by atoms with Gasteiger partial charge in [-0.1, -0.05) is 0 Å². The topological polar surface area (TPSA) is 133 Å². The van der Waals surface area contributed by atoms with Crippen molar-refractivity contribution in [1.82, 2.24) is 10.6 Å². The van der Waals surface area contributed by atoms with Crippen LogP contribution in [0.4, 0.5) is 0 Å². The first kappa shape index (κ1) is 13.9. The summed E-state index contributed by atoms with van der Waals surface area (Å²) in [7, 11) is 0. The van der Waals surface area contributed by atoms with Crippen molar-refractivity contribution >= 4 is 23.8 Å². The van der Waals surface area contributed by atoms with Crippen LogP contribution < -0.4 is 10.6 Å². The minimum Gasteiger partial charge on any atom is -0.481 e. The Kier molecular flexibility index (Phi) is 5.53. The van der Waals surface area contributed by atoms with Crippen LogP contribution in [-0.4, -0.2) is 46.6 Å². The van der Waals surface area contributed by atoms with Crippen LogP contribution in [0.1, 0.15) is 13.3 Å². The molecule has 0 spiro atoms. The van der Waals surface area contributed by atoms with Gasteiger partial charge in [0.05, 0.1) is 6.42 Å². The van der Waals surface area contributed by atoms with Gasteiger partial charge < -0.3 is 20.8 Å². The lowest BCUT2D eigenvalue weighted by molar-refractivity contribution is -0.144. The highest BCUT2D eigenvalue weighted by atomic mass is 16.4. The second-order valence-corrected chi connectivity index (χ2v) is 2.93. The summed E-state index contributed by atoms with van der Waals surface area (Å²) in [6.07, 6.45) is -0.312. The normalized spacial score (nSPS) is 11.3. The molecule has 16 heavy (non-hydrogen) atoms. The van der Waals surface area contributed by atoms with Crippen LogP contribution in [-0.2, 0) is 19.2 Å². The molecule has 0 aromatic heterocycles. The first-order valence-electron chi connectivity index (χ1n) is 4.38. The van der Waals surface area contributed by atoms with E-state index in [4.69, 9.17) is 10.2 Å². The van der Waals surface area contributed by atoms with E-state index in [2.05, 4.69) is 0 Å². The minimum atomic E-state index is -1.27. The Hall–Kier alpha value is -2.12. The van der Waals surface area contributed by atoms with Crippen molar-refractivity contribution in [1.29, 1.82) is 0 Å². The van der Waals surface area contributed by atoms with Gasteiger partial charge in [0.1, 0.15) is 6.04 Å². The Morgan fingerprint density at radius 2 is 1.69 bits per heavy atom. The predicted octanol–water partition coefficient (Wildman–Crippen LogP) is -1.83. The minimum absolute atomic E-state index is 0.191. The highest BCUT2D eigenvalue weighted by molar-refractivity contribution is 6.35. The molecule has 0 aliphatic heterocycles. The first-order chi connectivity index (χ1) is 7.34. The molecule has 0 aliphatic rings. The van der Waals surface area contributed by atoms with E-state index in [0.717, 1.165) is 0 Å². The lowest BCUT2D eigenvalue weighted by Crippen LogP contribution is -2.46. The summed E-state index contributed by atoms with van der Waals surface area (Å²) >= 11 is 0. The average Bonchev–Trinajstić information content (AvgIpc) is 2.16. The second kappa shape index (κ2) is 6.38. The second-order valence-electron chi connectivity index (χ2n) is 2.93. The van der Waals surface area contributed by atoms with Crippen molar-refractivity contribution in [2.45, 2.75) is 19.4 Å². The molecular formula is C8H12N2O6. The molecule has 1 unspecified atom stereocenters. The summed E-state index contributed by atoms with van der Waals surface area (Å²) < 4.78 is 0. The van der Waals surface area contributed by atoms with Crippen molar-refractivity contribution in [2.24, 2.45) is 0 Å². The number of aliphatic carboxylic acids is 2. The molecular weight excluding hydrogens is 220 g/mol. The van der Waals surface area contributed by atoms with E-state index in [-0.39, 0.29) is 13.0 Å². The Bertz CT molecular complexity index is 314. The van der Waals surface area contributed by atoms with Crippen LogP contribution >= 0.6 is 0 Å². The van der Waals surface area contributed by atoms with Gasteiger partial charge in [0.25, 0.3) is 0 Å². The fraction of sp³-hybridized carbons (Fsp3) is 0.500. The molecule has 0 fully saturated rings. The van der Waals surface area contributed by atoms with E-state index in [1.807, 2.05) is 10.6 Å². The van der Waals surface area contributed by atoms with Gasteiger partial charge in [-0.15, -0.1) is 0 Å². The lowest BCUT2D eigenvalue weighted by Gasteiger charge is -2.08. The summed E-state index contributed by atoms with van der Waals surface area (Å²) in [5.74, 6) is -4.55. The van der Waals surface area contributed by atoms with Gasteiger partial charge in [-0.05, 0) is 6.92 Å². The van der Waals surface area contributed by atoms with Crippen molar-refractivity contribution in [2.75, 3.05) is 6.54 Å². The number of hydrogen-bond donors (Lipinski definition) is 4. The molecule has 8 nitrogen and oxygen atoms in total. The third-order valence-electron chi connectivity index (χ3n) is 1.55. The Balaban J connectivity index is 3.95. The Morgan fingerprint density at radius 3 is 2.12 bits per heavy atom. The van der Waals surface area contributed by atoms with Crippen LogP contribution in [0.2, 0.25) is 0 Å². The summed E-state index contributed by atoms with van der Waals surface area (Å²) in [5, 5.41) is 20.6. The van der Waals surface area contributed by atoms with Crippen molar-refractivity contribution in [3.63, 3.8) is 0 Å². The van der Waals surface area contributed by atoms with E-state index in [1.54, 1.807) is 0 Å². The maximum atomic E-state index is 11.0. The zero-order valence-electron chi connectivity index (χ0n) is 8.52. The molecule has 1 atom stereocenters. The van der Waals surface area contributed by atoms with Crippen molar-refractivity contribution < 1.29 is 29.4 Å². The maximum absolute atomic E-state index is 11.0. The first-order valence-corrected chi connectivity index (χ1v) is 4.38. The summed E-state index contributed by atoms with van der Waals surface area (Å²) in [6.45, 7) is 1.01. The fourth-order valence-corrected chi connectivity index (χ4v) is 0.687. The van der Waals surface area contributed by atoms with Gasteiger partial charge in [0.2, 0.25) is 0 Å². The van der Waals surface area contributed by atoms with Crippen LogP contribution in [0.3, 0.4) is 0 Å². The van der Waals surface area contributed by atoms with Gasteiger partial charge >= 0.3 is 23.8 Å². The number of amides is 2. The Morgan fingerprint density at radius 1 is 1.12 bits per heavy atom. The molecule has 0 saturated carbocycles. The summed E-state index contributed by atoms with van der Waals surface area (Å²) in [5.41, 5.74) is 0. The van der Waals surface area contributed by atoms with E-state index in [1.165, 1.54) is 6.92 Å². The standard InChI is InChI=1S/C8H12N2O6/c1-4(8(15)16)10-7(14)6(13)9-3-2-5(11)12/h4H,2-3H2,1H3,(H,9,13)(H,10,14)(H,11,12)(H,15,16). The number of carboxylic acid groups (broad SMARTS) is 2. The number of carbonyl (C=O) groups is 4. The molecule has 0 heterocycles. The van der Waals surface area contributed by atoms with E-state index < -0.39 is 29.8 Å². The van der Waals surface area contributed by atoms with Crippen LogP contribution in [0.15, 0.2) is 0 Å². The van der Waals surface area contributed by atoms with Gasteiger partial charge in [-0.2, -0.15) is 0 Å². The fourth-order valence-electron chi connectivity index (χ4n) is 0.687. The maximum Gasteiger partial charge on any atom is 0.325 e. The van der Waals surface area contributed by atoms with Crippen LogP contribution in [0, 0.1) is 0 Å². The average molecular weight is 232 g/mol. The van der Waals surface area contributed by atoms with Crippen molar-refractivity contribution in [3.8, 4) is 0 Å². The third-order valence-corrected chi connectivity index (χ3v) is 1.55. The molecule has 90 valence electrons. The summed E-state index contributed by atoms with van der Waals surface area (Å²) in [6, 6.07) is -1.18. The number of nitrogens with one attached hydrogen (secondary N) is 2. The molecule has 0 aromatic rings. The molecule has 2 amide bonds. The molecule has 0 rings (SSSR count). The molecule has 0 bridgehead atoms. The molecule has 0 aromatic carbocycles. The van der Waals surface area contributed by atoms with Crippen LogP contribution in [0.25, 0.3) is 0 Å². The number of hydrogen-bond acceptors (Lipinski definition) is 4. The Labute approximate surface area is 90.6 Å². The smallest absolute Gasteiger partial charge is 0.325 e. The molecule has 0 aliphatic carbocycles. The number of rotatable bonds is 5. The van der Waals surface area contributed by atoms with Gasteiger partial charge in [-0.3, -0.25) is 19.2 Å². The predicted molar refractivity (Wildman–Crippen MR) is 50.5 cm³/mol. The molecule has 0 radical (unpaired) electrons. The van der Waals surface area contributed by atoms with Gasteiger partial charge in [0.15, 0.2) is 0 Å². The van der Waals surface area contributed by atoms with E-state index in [0.29, 0.717) is 0 Å². The quantitative estimate of drug-likeness (QED) is 0.412. The number of carbonyl (C=O) groups excluding carboxylic acids is 2. The van der Waals surface area contributed by atoms with Crippen LogP contribution in [0.5, 0.6) is 0 Å². The monoisotopic (exact) mass is 232 g/mol. The molecule has 8 heteroatoms. The van der Waals surface area contributed by atoms with Crippen molar-refractivity contribution in [3.05, 3.63) is 0 Å².